The molecule has 2 heterocycles. The molecule has 1 aliphatic rings. The molecule has 1 saturated heterocycles. The molecule has 0 amide bonds. The number of aromatic nitrogens is 2. The van der Waals surface area contributed by atoms with Crippen LogP contribution in [0.25, 0.3) is 11.0 Å². The van der Waals surface area contributed by atoms with Gasteiger partial charge in [0.05, 0.1) is 15.9 Å². The SMILES string of the molecule is Cl.Cn1c(C(Cc2ccc(C(=N)N)cc2)C(=O)O)nc2cc(S(=O)(=O)N3CCCC3)ccc21. The van der Waals surface area contributed by atoms with Crippen molar-refractivity contribution in [3.63, 3.8) is 0 Å². The average molecular weight is 492 g/mol. The van der Waals surface area contributed by atoms with Gasteiger partial charge in [0, 0.05) is 25.7 Å². The quantitative estimate of drug-likeness (QED) is 0.342. The zero-order valence-electron chi connectivity index (χ0n) is 18.1. The number of nitrogens with zero attached hydrogens (tertiary/aromatic N) is 3. The summed E-state index contributed by atoms with van der Waals surface area (Å²) in [6.45, 7) is 1.02. The molecule has 1 atom stereocenters. The van der Waals surface area contributed by atoms with E-state index in [1.807, 2.05) is 0 Å². The number of halogens is 1. The van der Waals surface area contributed by atoms with Gasteiger partial charge in [0.2, 0.25) is 10.0 Å². The lowest BCUT2D eigenvalue weighted by Gasteiger charge is -2.15. The summed E-state index contributed by atoms with van der Waals surface area (Å²) in [7, 11) is -1.86. The third-order valence-corrected chi connectivity index (χ3v) is 7.80. The van der Waals surface area contributed by atoms with Crippen molar-refractivity contribution in [1.82, 2.24) is 13.9 Å². The smallest absolute Gasteiger partial charge is 0.314 e. The first kappa shape index (κ1) is 24.7. The Kier molecular flexibility index (Phi) is 7.11. The first-order valence-corrected chi connectivity index (χ1v) is 11.7. The second-order valence-electron chi connectivity index (χ2n) is 8.00. The number of hydrogen-bond acceptors (Lipinski definition) is 5. The van der Waals surface area contributed by atoms with Crippen molar-refractivity contribution in [3.05, 3.63) is 59.4 Å². The summed E-state index contributed by atoms with van der Waals surface area (Å²) in [4.78, 5) is 16.8. The van der Waals surface area contributed by atoms with Gasteiger partial charge in [-0.05, 0) is 43.0 Å². The maximum absolute atomic E-state index is 12.9. The second kappa shape index (κ2) is 9.50. The van der Waals surface area contributed by atoms with Crippen LogP contribution in [0.4, 0.5) is 0 Å². The predicted octanol–water partition coefficient (Wildman–Crippen LogP) is 2.47. The predicted molar refractivity (Wildman–Crippen MR) is 127 cm³/mol. The molecule has 9 nitrogen and oxygen atoms in total. The minimum Gasteiger partial charge on any atom is -0.481 e. The molecular weight excluding hydrogens is 466 g/mol. The lowest BCUT2D eigenvalue weighted by molar-refractivity contribution is -0.139. The van der Waals surface area contributed by atoms with Crippen LogP contribution in [0, 0.1) is 5.41 Å². The number of nitrogens with one attached hydrogen (secondary N) is 1. The number of sulfonamides is 1. The first-order chi connectivity index (χ1) is 15.2. The van der Waals surface area contributed by atoms with Gasteiger partial charge in [0.1, 0.15) is 17.6 Å². The molecule has 0 aliphatic carbocycles. The molecule has 1 fully saturated rings. The summed E-state index contributed by atoms with van der Waals surface area (Å²) in [5, 5.41) is 17.4. The standard InChI is InChI=1S/C22H25N5O4S.ClH/c1-26-19-9-8-16(32(30,31)27-10-2-3-11-27)13-18(19)25-21(26)17(22(28)29)12-14-4-6-15(7-5-14)20(23)24;/h4-9,13,17H,2-3,10-12H2,1H3,(H3,23,24)(H,28,29);1H. The molecule has 1 aliphatic heterocycles. The van der Waals surface area contributed by atoms with E-state index in [2.05, 4.69) is 4.98 Å². The van der Waals surface area contributed by atoms with Crippen LogP contribution in [-0.4, -0.2) is 52.3 Å². The molecule has 0 saturated carbocycles. The number of imidazole rings is 1. The third kappa shape index (κ3) is 4.73. The molecule has 176 valence electrons. The van der Waals surface area contributed by atoms with Crippen LogP contribution in [-0.2, 0) is 28.3 Å². The molecule has 1 unspecified atom stereocenters. The van der Waals surface area contributed by atoms with E-state index >= 15 is 0 Å². The largest absolute Gasteiger partial charge is 0.481 e. The van der Waals surface area contributed by atoms with Gasteiger partial charge in [-0.15, -0.1) is 12.4 Å². The Morgan fingerprint density at radius 1 is 1.18 bits per heavy atom. The number of nitrogen functional groups attached to an aromatic ring is 1. The molecule has 0 bridgehead atoms. The van der Waals surface area contributed by atoms with E-state index in [0.717, 1.165) is 18.4 Å². The number of carboxylic acid groups (broad SMARTS) is 1. The Balaban J connectivity index is 0.00000306. The average Bonchev–Trinajstić information content (AvgIpc) is 3.41. The highest BCUT2D eigenvalue weighted by atomic mass is 35.5. The third-order valence-electron chi connectivity index (χ3n) is 5.90. The molecule has 4 N–H and O–H groups in total. The van der Waals surface area contributed by atoms with Gasteiger partial charge in [-0.1, -0.05) is 24.3 Å². The summed E-state index contributed by atoms with van der Waals surface area (Å²) >= 11 is 0. The molecule has 11 heteroatoms. The van der Waals surface area contributed by atoms with Gasteiger partial charge < -0.3 is 15.4 Å². The normalized spacial score (nSPS) is 15.3. The number of carboxylic acids is 1. The van der Waals surface area contributed by atoms with Gasteiger partial charge in [0.15, 0.2) is 0 Å². The topological polar surface area (TPSA) is 142 Å². The molecule has 33 heavy (non-hydrogen) atoms. The molecule has 0 radical (unpaired) electrons. The van der Waals surface area contributed by atoms with E-state index in [-0.39, 0.29) is 29.6 Å². The maximum atomic E-state index is 12.9. The number of fused-ring (bicyclic) bond motifs is 1. The number of aryl methyl sites for hydroxylation is 1. The second-order valence-corrected chi connectivity index (χ2v) is 9.93. The van der Waals surface area contributed by atoms with E-state index in [1.165, 1.54) is 10.4 Å². The van der Waals surface area contributed by atoms with Crippen LogP contribution in [0.5, 0.6) is 0 Å². The summed E-state index contributed by atoms with van der Waals surface area (Å²) in [5.41, 5.74) is 7.93. The maximum Gasteiger partial charge on any atom is 0.314 e. The number of amidine groups is 1. The van der Waals surface area contributed by atoms with Crippen LogP contribution in [0.1, 0.15) is 35.7 Å². The van der Waals surface area contributed by atoms with Crippen molar-refractivity contribution in [2.75, 3.05) is 13.1 Å². The molecule has 2 aromatic carbocycles. The molecule has 3 aromatic rings. The van der Waals surface area contributed by atoms with Crippen molar-refractivity contribution < 1.29 is 18.3 Å². The summed E-state index contributed by atoms with van der Waals surface area (Å²) in [6, 6.07) is 11.6. The Labute approximate surface area is 198 Å². The fourth-order valence-corrected chi connectivity index (χ4v) is 5.63. The molecule has 0 spiro atoms. The fraction of sp³-hybridized carbons (Fsp3) is 0.318. The monoisotopic (exact) mass is 491 g/mol. The summed E-state index contributed by atoms with van der Waals surface area (Å²) < 4.78 is 29.0. The van der Waals surface area contributed by atoms with Crippen LogP contribution in [0.2, 0.25) is 0 Å². The van der Waals surface area contributed by atoms with Crippen LogP contribution >= 0.6 is 12.4 Å². The summed E-state index contributed by atoms with van der Waals surface area (Å²) in [6.07, 6.45) is 1.90. The summed E-state index contributed by atoms with van der Waals surface area (Å²) in [5.74, 6) is -1.65. The van der Waals surface area contributed by atoms with Gasteiger partial charge in [-0.25, -0.2) is 13.4 Å². The van der Waals surface area contributed by atoms with E-state index in [0.29, 0.717) is 35.5 Å². The van der Waals surface area contributed by atoms with E-state index in [1.54, 1.807) is 48.0 Å². The number of aliphatic carboxylic acids is 1. The number of rotatable bonds is 7. The van der Waals surface area contributed by atoms with Crippen LogP contribution < -0.4 is 5.73 Å². The van der Waals surface area contributed by atoms with Crippen LogP contribution in [0.15, 0.2) is 47.4 Å². The van der Waals surface area contributed by atoms with Crippen molar-refractivity contribution in [3.8, 4) is 0 Å². The number of benzene rings is 2. The number of nitrogens with two attached hydrogens (primary N) is 1. The van der Waals surface area contributed by atoms with E-state index < -0.39 is 21.9 Å². The first-order valence-electron chi connectivity index (χ1n) is 10.3. The molecular formula is C22H26ClN5O4S. The number of hydrogen-bond donors (Lipinski definition) is 3. The Hall–Kier alpha value is -2.95. The van der Waals surface area contributed by atoms with E-state index in [4.69, 9.17) is 11.1 Å². The minimum atomic E-state index is -3.59. The van der Waals surface area contributed by atoms with E-state index in [9.17, 15) is 18.3 Å². The molecule has 1 aromatic heterocycles. The Bertz CT molecular complexity index is 1300. The van der Waals surface area contributed by atoms with Crippen molar-refractivity contribution in [2.24, 2.45) is 12.8 Å². The molecule has 4 rings (SSSR count). The van der Waals surface area contributed by atoms with Gasteiger partial charge >= 0.3 is 5.97 Å². The zero-order chi connectivity index (χ0) is 23.0. The fourth-order valence-electron chi connectivity index (χ4n) is 4.09. The van der Waals surface area contributed by atoms with Crippen LogP contribution in [0.3, 0.4) is 0 Å². The highest BCUT2D eigenvalue weighted by Gasteiger charge is 2.29. The highest BCUT2D eigenvalue weighted by molar-refractivity contribution is 7.89. The lowest BCUT2D eigenvalue weighted by Crippen LogP contribution is -2.27. The van der Waals surface area contributed by atoms with Crippen molar-refractivity contribution in [2.45, 2.75) is 30.1 Å². The zero-order valence-corrected chi connectivity index (χ0v) is 19.7. The van der Waals surface area contributed by atoms with Crippen molar-refractivity contribution in [1.29, 1.82) is 5.41 Å². The van der Waals surface area contributed by atoms with Gasteiger partial charge in [0.25, 0.3) is 0 Å². The van der Waals surface area contributed by atoms with Crippen molar-refractivity contribution >= 4 is 45.3 Å². The van der Waals surface area contributed by atoms with Gasteiger partial charge in [-0.3, -0.25) is 10.2 Å². The van der Waals surface area contributed by atoms with Gasteiger partial charge in [-0.2, -0.15) is 4.31 Å². The minimum absolute atomic E-state index is 0. The Morgan fingerprint density at radius 2 is 1.82 bits per heavy atom. The highest BCUT2D eigenvalue weighted by Crippen LogP contribution is 2.28. The Morgan fingerprint density at radius 3 is 2.39 bits per heavy atom. The lowest BCUT2D eigenvalue weighted by atomic mass is 9.97. The number of carbonyl (C=O) groups is 1.